The lowest BCUT2D eigenvalue weighted by molar-refractivity contribution is 0.435. The van der Waals surface area contributed by atoms with E-state index in [1.54, 1.807) is 0 Å². The van der Waals surface area contributed by atoms with Crippen molar-refractivity contribution in [3.05, 3.63) is 23.8 Å². The van der Waals surface area contributed by atoms with Crippen LogP contribution in [0.5, 0.6) is 0 Å². The van der Waals surface area contributed by atoms with Gasteiger partial charge in [-0.1, -0.05) is 19.3 Å². The van der Waals surface area contributed by atoms with Crippen LogP contribution in [0, 0.1) is 6.92 Å². The number of nitrogens with zero attached hydrogens (tertiary/aromatic N) is 2. The van der Waals surface area contributed by atoms with E-state index < -0.39 is 0 Å². The molecule has 0 amide bonds. The molecule has 1 aliphatic carbocycles. The van der Waals surface area contributed by atoms with Gasteiger partial charge in [0.25, 0.3) is 0 Å². The molecule has 2 rings (SSSR count). The third-order valence-electron chi connectivity index (χ3n) is 2.82. The standard InChI is InChI=1S/C11H16N2/c1-9-12-8-7-11(13-9)10-5-3-2-4-6-10/h7-8,10H,2-6H2,1H3. The van der Waals surface area contributed by atoms with E-state index >= 15 is 0 Å². The van der Waals surface area contributed by atoms with Crippen LogP contribution in [0.1, 0.15) is 49.5 Å². The zero-order chi connectivity index (χ0) is 9.10. The number of hydrogen-bond donors (Lipinski definition) is 0. The van der Waals surface area contributed by atoms with Gasteiger partial charge in [0.1, 0.15) is 5.82 Å². The molecule has 0 bridgehead atoms. The van der Waals surface area contributed by atoms with Crippen molar-refractivity contribution in [2.75, 3.05) is 0 Å². The second-order valence-corrected chi connectivity index (χ2v) is 3.86. The summed E-state index contributed by atoms with van der Waals surface area (Å²) in [5.41, 5.74) is 1.26. The maximum atomic E-state index is 4.49. The van der Waals surface area contributed by atoms with Crippen molar-refractivity contribution in [1.82, 2.24) is 9.97 Å². The molecule has 2 nitrogen and oxygen atoms in total. The lowest BCUT2D eigenvalue weighted by Crippen LogP contribution is -2.07. The van der Waals surface area contributed by atoms with E-state index in [1.807, 2.05) is 13.1 Å². The molecule has 70 valence electrons. The van der Waals surface area contributed by atoms with Gasteiger partial charge in [-0.25, -0.2) is 9.97 Å². The Bertz CT molecular complexity index is 277. The van der Waals surface area contributed by atoms with Gasteiger partial charge in [0.15, 0.2) is 0 Å². The van der Waals surface area contributed by atoms with Gasteiger partial charge in [-0.15, -0.1) is 0 Å². The molecule has 0 spiro atoms. The second-order valence-electron chi connectivity index (χ2n) is 3.86. The third kappa shape index (κ3) is 2.06. The number of rotatable bonds is 1. The normalized spacial score (nSPS) is 18.8. The molecule has 1 aromatic heterocycles. The van der Waals surface area contributed by atoms with E-state index in [1.165, 1.54) is 37.8 Å². The molecule has 0 unspecified atom stereocenters. The molecule has 1 aliphatic rings. The first kappa shape index (κ1) is 8.67. The number of aryl methyl sites for hydroxylation is 1. The molecule has 0 aromatic carbocycles. The topological polar surface area (TPSA) is 25.8 Å². The molecule has 1 saturated carbocycles. The molecule has 0 saturated heterocycles. The summed E-state index contributed by atoms with van der Waals surface area (Å²) >= 11 is 0. The van der Waals surface area contributed by atoms with E-state index in [0.717, 1.165) is 5.82 Å². The van der Waals surface area contributed by atoms with E-state index in [4.69, 9.17) is 0 Å². The third-order valence-corrected chi connectivity index (χ3v) is 2.82. The Balaban J connectivity index is 2.14. The minimum absolute atomic E-state index is 0.704. The highest BCUT2D eigenvalue weighted by atomic mass is 14.9. The number of aromatic nitrogens is 2. The average Bonchev–Trinajstić information content (AvgIpc) is 2.19. The zero-order valence-electron chi connectivity index (χ0n) is 8.16. The summed E-state index contributed by atoms with van der Waals surface area (Å²) in [6, 6.07) is 2.07. The van der Waals surface area contributed by atoms with Crippen LogP contribution in [-0.2, 0) is 0 Å². The smallest absolute Gasteiger partial charge is 0.125 e. The highest BCUT2D eigenvalue weighted by Crippen LogP contribution is 2.31. The minimum atomic E-state index is 0.704. The van der Waals surface area contributed by atoms with Crippen LogP contribution in [-0.4, -0.2) is 9.97 Å². The molecule has 1 fully saturated rings. The second kappa shape index (κ2) is 3.86. The van der Waals surface area contributed by atoms with Gasteiger partial charge in [-0.05, 0) is 25.8 Å². The Morgan fingerprint density at radius 1 is 1.23 bits per heavy atom. The lowest BCUT2D eigenvalue weighted by atomic mass is 9.87. The van der Waals surface area contributed by atoms with E-state index in [0.29, 0.717) is 5.92 Å². The summed E-state index contributed by atoms with van der Waals surface area (Å²) in [5, 5.41) is 0. The van der Waals surface area contributed by atoms with Gasteiger partial charge in [-0.3, -0.25) is 0 Å². The fraction of sp³-hybridized carbons (Fsp3) is 0.636. The number of hydrogen-bond acceptors (Lipinski definition) is 2. The average molecular weight is 176 g/mol. The molecule has 0 atom stereocenters. The van der Waals surface area contributed by atoms with Crippen LogP contribution in [0.15, 0.2) is 12.3 Å². The van der Waals surface area contributed by atoms with Gasteiger partial charge >= 0.3 is 0 Å². The monoisotopic (exact) mass is 176 g/mol. The zero-order valence-corrected chi connectivity index (χ0v) is 8.16. The highest BCUT2D eigenvalue weighted by molar-refractivity contribution is 5.08. The molecule has 1 aromatic rings. The van der Waals surface area contributed by atoms with Gasteiger partial charge in [0, 0.05) is 17.8 Å². The maximum absolute atomic E-state index is 4.49. The summed E-state index contributed by atoms with van der Waals surface area (Å²) in [5.74, 6) is 1.61. The van der Waals surface area contributed by atoms with E-state index in [9.17, 15) is 0 Å². The molecule has 0 aliphatic heterocycles. The van der Waals surface area contributed by atoms with Crippen LogP contribution in [0.25, 0.3) is 0 Å². The first-order valence-electron chi connectivity index (χ1n) is 5.16. The molecule has 13 heavy (non-hydrogen) atoms. The van der Waals surface area contributed by atoms with Crippen LogP contribution in [0.2, 0.25) is 0 Å². The summed E-state index contributed by atoms with van der Waals surface area (Å²) in [6.45, 7) is 1.96. The van der Waals surface area contributed by atoms with Crippen LogP contribution in [0.3, 0.4) is 0 Å². The predicted octanol–water partition coefficient (Wildman–Crippen LogP) is 2.83. The van der Waals surface area contributed by atoms with Crippen molar-refractivity contribution in [1.29, 1.82) is 0 Å². The van der Waals surface area contributed by atoms with Crippen LogP contribution in [0.4, 0.5) is 0 Å². The Kier molecular flexibility index (Phi) is 2.57. The summed E-state index contributed by atoms with van der Waals surface area (Å²) in [6.07, 6.45) is 8.65. The van der Waals surface area contributed by atoms with Crippen LogP contribution >= 0.6 is 0 Å². The van der Waals surface area contributed by atoms with Crippen molar-refractivity contribution in [3.63, 3.8) is 0 Å². The molecular formula is C11H16N2. The predicted molar refractivity (Wildman–Crippen MR) is 52.6 cm³/mol. The Hall–Kier alpha value is -0.920. The Morgan fingerprint density at radius 3 is 2.69 bits per heavy atom. The summed E-state index contributed by atoms with van der Waals surface area (Å²) < 4.78 is 0. The molecular weight excluding hydrogens is 160 g/mol. The largest absolute Gasteiger partial charge is 0.242 e. The van der Waals surface area contributed by atoms with E-state index in [2.05, 4.69) is 16.0 Å². The molecule has 0 radical (unpaired) electrons. The SMILES string of the molecule is Cc1nccc(C2CCCCC2)n1. The molecule has 2 heteroatoms. The van der Waals surface area contributed by atoms with Gasteiger partial charge in [0.05, 0.1) is 0 Å². The van der Waals surface area contributed by atoms with Crippen molar-refractivity contribution < 1.29 is 0 Å². The fourth-order valence-corrected chi connectivity index (χ4v) is 2.10. The first-order valence-corrected chi connectivity index (χ1v) is 5.16. The minimum Gasteiger partial charge on any atom is -0.242 e. The first-order chi connectivity index (χ1) is 6.36. The molecule has 0 N–H and O–H groups in total. The van der Waals surface area contributed by atoms with Gasteiger partial charge < -0.3 is 0 Å². The van der Waals surface area contributed by atoms with E-state index in [-0.39, 0.29) is 0 Å². The van der Waals surface area contributed by atoms with Gasteiger partial charge in [-0.2, -0.15) is 0 Å². The van der Waals surface area contributed by atoms with Crippen molar-refractivity contribution in [3.8, 4) is 0 Å². The maximum Gasteiger partial charge on any atom is 0.125 e. The van der Waals surface area contributed by atoms with Crippen LogP contribution < -0.4 is 0 Å². The summed E-state index contributed by atoms with van der Waals surface area (Å²) in [7, 11) is 0. The quantitative estimate of drug-likeness (QED) is 0.657. The highest BCUT2D eigenvalue weighted by Gasteiger charge is 2.16. The Morgan fingerprint density at radius 2 is 2.00 bits per heavy atom. The summed E-state index contributed by atoms with van der Waals surface area (Å²) in [4.78, 5) is 8.61. The van der Waals surface area contributed by atoms with Crippen molar-refractivity contribution in [2.24, 2.45) is 0 Å². The fourth-order valence-electron chi connectivity index (χ4n) is 2.10. The molecule has 1 heterocycles. The van der Waals surface area contributed by atoms with Gasteiger partial charge in [0.2, 0.25) is 0 Å². The lowest BCUT2D eigenvalue weighted by Gasteiger charge is -2.20. The Labute approximate surface area is 79.4 Å². The van der Waals surface area contributed by atoms with Crippen molar-refractivity contribution in [2.45, 2.75) is 44.9 Å². The van der Waals surface area contributed by atoms with Crippen molar-refractivity contribution >= 4 is 0 Å².